The molecule has 1 N–H and O–H groups in total. The Balaban J connectivity index is 1.51. The van der Waals surface area contributed by atoms with Crippen LogP contribution in [0.1, 0.15) is 32.3 Å². The van der Waals surface area contributed by atoms with Gasteiger partial charge in [0.1, 0.15) is 11.5 Å². The first kappa shape index (κ1) is 18.3. The molecule has 0 radical (unpaired) electrons. The number of fused-ring (bicyclic) bond motifs is 3. The number of carbonyl (C=O) groups is 2. The molecule has 1 aromatic heterocycles. The van der Waals surface area contributed by atoms with Gasteiger partial charge >= 0.3 is 12.1 Å². The molecule has 28 heavy (non-hydrogen) atoms. The van der Waals surface area contributed by atoms with Crippen LogP contribution >= 0.6 is 11.3 Å². The molecule has 0 spiro atoms. The van der Waals surface area contributed by atoms with E-state index in [-0.39, 0.29) is 12.5 Å². The third kappa shape index (κ3) is 3.16. The van der Waals surface area contributed by atoms with Crippen LogP contribution in [0.3, 0.4) is 0 Å². The van der Waals surface area contributed by atoms with E-state index in [0.717, 1.165) is 16.7 Å². The molecule has 0 fully saturated rings. The summed E-state index contributed by atoms with van der Waals surface area (Å²) in [4.78, 5) is 24.6. The van der Waals surface area contributed by atoms with Crippen LogP contribution in [-0.2, 0) is 9.47 Å². The fraction of sp³-hybridized carbons (Fsp3) is 0.182. The number of thiophene rings is 1. The summed E-state index contributed by atoms with van der Waals surface area (Å²) < 4.78 is 10.3. The van der Waals surface area contributed by atoms with E-state index in [1.165, 1.54) is 29.6 Å². The van der Waals surface area contributed by atoms with Crippen LogP contribution in [0.4, 0.5) is 10.5 Å². The second kappa shape index (κ2) is 7.48. The van der Waals surface area contributed by atoms with Gasteiger partial charge in [-0.2, -0.15) is 0 Å². The standard InChI is InChI=1S/C22H19NO4S/c1-13-12-28-20(21(24)26-2)19(13)23-22(25)27-11-18-16-9-5-3-7-14(16)15-8-4-6-10-17(15)18/h3-10,12,18H,11H2,1-2H3,(H,23,25). The minimum atomic E-state index is -0.589. The fourth-order valence-corrected chi connectivity index (χ4v) is 4.50. The van der Waals surface area contributed by atoms with Gasteiger partial charge in [-0.1, -0.05) is 48.5 Å². The molecule has 0 bridgehead atoms. The zero-order chi connectivity index (χ0) is 19.7. The van der Waals surface area contributed by atoms with Crippen molar-refractivity contribution in [3.63, 3.8) is 0 Å². The number of nitrogens with one attached hydrogen (secondary N) is 1. The zero-order valence-electron chi connectivity index (χ0n) is 15.5. The van der Waals surface area contributed by atoms with Crippen LogP contribution in [0.2, 0.25) is 0 Å². The van der Waals surface area contributed by atoms with Crippen LogP contribution in [0.15, 0.2) is 53.9 Å². The molecule has 1 heterocycles. The van der Waals surface area contributed by atoms with Crippen LogP contribution in [0, 0.1) is 6.92 Å². The molecule has 4 rings (SSSR count). The van der Waals surface area contributed by atoms with Gasteiger partial charge in [-0.3, -0.25) is 5.32 Å². The summed E-state index contributed by atoms with van der Waals surface area (Å²) in [6, 6.07) is 16.3. The Morgan fingerprint density at radius 1 is 1.04 bits per heavy atom. The highest BCUT2D eigenvalue weighted by molar-refractivity contribution is 7.12. The zero-order valence-corrected chi connectivity index (χ0v) is 16.3. The van der Waals surface area contributed by atoms with Crippen LogP contribution in [0.25, 0.3) is 11.1 Å². The van der Waals surface area contributed by atoms with E-state index in [2.05, 4.69) is 29.6 Å². The number of hydrogen-bond donors (Lipinski definition) is 1. The van der Waals surface area contributed by atoms with Crippen molar-refractivity contribution >= 4 is 29.1 Å². The van der Waals surface area contributed by atoms with E-state index in [9.17, 15) is 9.59 Å². The van der Waals surface area contributed by atoms with Gasteiger partial charge in [0, 0.05) is 5.92 Å². The lowest BCUT2D eigenvalue weighted by Crippen LogP contribution is -2.19. The second-order valence-corrected chi connectivity index (χ2v) is 7.44. The quantitative estimate of drug-likeness (QED) is 0.619. The first-order valence-corrected chi connectivity index (χ1v) is 9.76. The number of amides is 1. The smallest absolute Gasteiger partial charge is 0.411 e. The number of hydrogen-bond acceptors (Lipinski definition) is 5. The Bertz CT molecular complexity index is 1010. The van der Waals surface area contributed by atoms with Gasteiger partial charge in [-0.25, -0.2) is 9.59 Å². The molecule has 1 aliphatic carbocycles. The van der Waals surface area contributed by atoms with Crippen molar-refractivity contribution in [2.24, 2.45) is 0 Å². The third-order valence-corrected chi connectivity index (χ3v) is 5.99. The summed E-state index contributed by atoms with van der Waals surface area (Å²) in [5, 5.41) is 4.49. The number of carbonyl (C=O) groups excluding carboxylic acids is 2. The van der Waals surface area contributed by atoms with Gasteiger partial charge in [-0.05, 0) is 40.1 Å². The molecule has 1 amide bonds. The number of benzene rings is 2. The van der Waals surface area contributed by atoms with Crippen LogP contribution < -0.4 is 5.32 Å². The van der Waals surface area contributed by atoms with Gasteiger partial charge in [0.15, 0.2) is 0 Å². The second-order valence-electron chi connectivity index (χ2n) is 6.56. The Kier molecular flexibility index (Phi) is 4.88. The molecule has 0 atom stereocenters. The maximum absolute atomic E-state index is 12.4. The number of methoxy groups -OCH3 is 1. The predicted octanol–water partition coefficient (Wildman–Crippen LogP) is 5.20. The van der Waals surface area contributed by atoms with E-state index in [4.69, 9.17) is 9.47 Å². The highest BCUT2D eigenvalue weighted by Crippen LogP contribution is 2.44. The molecular formula is C22H19NO4S. The van der Waals surface area contributed by atoms with Crippen molar-refractivity contribution in [3.05, 3.63) is 75.5 Å². The molecule has 6 heteroatoms. The first-order chi connectivity index (χ1) is 13.6. The van der Waals surface area contributed by atoms with Crippen molar-refractivity contribution in [3.8, 4) is 11.1 Å². The topological polar surface area (TPSA) is 64.6 Å². The Morgan fingerprint density at radius 2 is 1.64 bits per heavy atom. The Morgan fingerprint density at radius 3 is 2.25 bits per heavy atom. The van der Waals surface area contributed by atoms with Gasteiger partial charge < -0.3 is 9.47 Å². The van der Waals surface area contributed by atoms with Crippen molar-refractivity contribution < 1.29 is 19.1 Å². The van der Waals surface area contributed by atoms with Crippen molar-refractivity contribution in [1.29, 1.82) is 0 Å². The molecular weight excluding hydrogens is 374 g/mol. The van der Waals surface area contributed by atoms with Gasteiger partial charge in [0.25, 0.3) is 0 Å². The lowest BCUT2D eigenvalue weighted by atomic mass is 9.98. The van der Waals surface area contributed by atoms with Crippen molar-refractivity contribution in [2.75, 3.05) is 19.0 Å². The summed E-state index contributed by atoms with van der Waals surface area (Å²) in [6.45, 7) is 2.04. The van der Waals surface area contributed by atoms with E-state index >= 15 is 0 Å². The lowest BCUT2D eigenvalue weighted by molar-refractivity contribution is 0.0607. The third-order valence-electron chi connectivity index (χ3n) is 4.92. The Labute approximate surface area is 166 Å². The molecule has 0 saturated heterocycles. The highest BCUT2D eigenvalue weighted by atomic mass is 32.1. The number of esters is 1. The van der Waals surface area contributed by atoms with Gasteiger partial charge in [-0.15, -0.1) is 11.3 Å². The number of ether oxygens (including phenoxy) is 2. The predicted molar refractivity (Wildman–Crippen MR) is 109 cm³/mol. The van der Waals surface area contributed by atoms with Gasteiger partial charge in [0.05, 0.1) is 12.8 Å². The normalized spacial score (nSPS) is 12.2. The number of aryl methyl sites for hydroxylation is 1. The van der Waals surface area contributed by atoms with E-state index in [1.54, 1.807) is 5.38 Å². The number of rotatable bonds is 4. The minimum absolute atomic E-state index is 0.0122. The highest BCUT2D eigenvalue weighted by Gasteiger charge is 2.29. The van der Waals surface area contributed by atoms with Crippen molar-refractivity contribution in [2.45, 2.75) is 12.8 Å². The van der Waals surface area contributed by atoms with Crippen LogP contribution in [-0.4, -0.2) is 25.8 Å². The average molecular weight is 393 g/mol. The van der Waals surface area contributed by atoms with E-state index in [1.807, 2.05) is 31.2 Å². The molecule has 0 unspecified atom stereocenters. The molecule has 3 aromatic rings. The molecule has 5 nitrogen and oxygen atoms in total. The monoisotopic (exact) mass is 393 g/mol. The molecule has 2 aromatic carbocycles. The fourth-order valence-electron chi connectivity index (χ4n) is 3.58. The number of anilines is 1. The summed E-state index contributed by atoms with van der Waals surface area (Å²) in [7, 11) is 1.31. The summed E-state index contributed by atoms with van der Waals surface area (Å²) >= 11 is 1.23. The molecule has 0 saturated carbocycles. The maximum Gasteiger partial charge on any atom is 0.411 e. The summed E-state index contributed by atoms with van der Waals surface area (Å²) in [6.07, 6.45) is -0.589. The molecule has 0 aliphatic heterocycles. The maximum atomic E-state index is 12.4. The van der Waals surface area contributed by atoms with E-state index in [0.29, 0.717) is 10.6 Å². The largest absolute Gasteiger partial charge is 0.465 e. The lowest BCUT2D eigenvalue weighted by Gasteiger charge is -2.15. The first-order valence-electron chi connectivity index (χ1n) is 8.88. The summed E-state index contributed by atoms with van der Waals surface area (Å²) in [5.74, 6) is -0.492. The molecule has 142 valence electrons. The van der Waals surface area contributed by atoms with Crippen LogP contribution in [0.5, 0.6) is 0 Å². The molecule has 1 aliphatic rings. The summed E-state index contributed by atoms with van der Waals surface area (Å²) in [5.41, 5.74) is 5.88. The SMILES string of the molecule is COC(=O)c1scc(C)c1NC(=O)OCC1c2ccccc2-c2ccccc21. The van der Waals surface area contributed by atoms with Gasteiger partial charge in [0.2, 0.25) is 0 Å². The van der Waals surface area contributed by atoms with E-state index < -0.39 is 12.1 Å². The Hall–Kier alpha value is -3.12. The van der Waals surface area contributed by atoms with Crippen molar-refractivity contribution in [1.82, 2.24) is 0 Å². The average Bonchev–Trinajstić information content (AvgIpc) is 3.24. The minimum Gasteiger partial charge on any atom is -0.465 e.